The fraction of sp³-hybridized carbons (Fsp3) is 0.267. The van der Waals surface area contributed by atoms with E-state index in [-0.39, 0.29) is 11.8 Å². The lowest BCUT2D eigenvalue weighted by Crippen LogP contribution is -2.13. The Labute approximate surface area is 120 Å². The van der Waals surface area contributed by atoms with Gasteiger partial charge >= 0.3 is 5.76 Å². The highest BCUT2D eigenvalue weighted by atomic mass is 32.1. The molecule has 3 rings (SSSR count). The number of hydrogen-bond acceptors (Lipinski definition) is 4. The Balaban J connectivity index is 2.06. The van der Waals surface area contributed by atoms with Crippen LogP contribution in [0.1, 0.15) is 29.8 Å². The number of rotatable bonds is 4. The molecule has 1 unspecified atom stereocenters. The Morgan fingerprint density at radius 3 is 2.95 bits per heavy atom. The summed E-state index contributed by atoms with van der Waals surface area (Å²) >= 11 is 1.63. The van der Waals surface area contributed by atoms with Crippen LogP contribution in [0.2, 0.25) is 0 Å². The van der Waals surface area contributed by atoms with Gasteiger partial charge in [0.15, 0.2) is 5.58 Å². The smallest absolute Gasteiger partial charge is 0.408 e. The van der Waals surface area contributed by atoms with E-state index in [1.807, 2.05) is 42.6 Å². The van der Waals surface area contributed by atoms with Crippen molar-refractivity contribution < 1.29 is 4.42 Å². The van der Waals surface area contributed by atoms with E-state index in [0.29, 0.717) is 12.1 Å². The number of thiophene rings is 1. The van der Waals surface area contributed by atoms with E-state index in [0.717, 1.165) is 22.4 Å². The molecule has 4 nitrogen and oxygen atoms in total. The summed E-state index contributed by atoms with van der Waals surface area (Å²) in [4.78, 5) is 12.9. The standard InChI is InChI=1S/C15H16N2O2S/c1-2-7-17-11-6-5-10(9-12(11)19-15(17)18)14(16)13-4-3-8-20-13/h3-6,8-9,14H,2,7,16H2,1H3. The van der Waals surface area contributed by atoms with Crippen LogP contribution in [0.15, 0.2) is 44.9 Å². The summed E-state index contributed by atoms with van der Waals surface area (Å²) in [6.45, 7) is 2.70. The molecule has 0 aliphatic rings. The van der Waals surface area contributed by atoms with Crippen molar-refractivity contribution in [2.75, 3.05) is 0 Å². The maximum Gasteiger partial charge on any atom is 0.419 e. The molecule has 0 aliphatic heterocycles. The van der Waals surface area contributed by atoms with Gasteiger partial charge in [-0.15, -0.1) is 11.3 Å². The van der Waals surface area contributed by atoms with E-state index in [9.17, 15) is 4.79 Å². The average Bonchev–Trinajstić information content (AvgIpc) is 3.07. The highest BCUT2D eigenvalue weighted by molar-refractivity contribution is 7.10. The van der Waals surface area contributed by atoms with Gasteiger partial charge in [-0.1, -0.05) is 19.1 Å². The predicted molar refractivity (Wildman–Crippen MR) is 81.1 cm³/mol. The molecule has 0 spiro atoms. The van der Waals surface area contributed by atoms with Crippen molar-refractivity contribution in [1.29, 1.82) is 0 Å². The number of nitrogens with two attached hydrogens (primary N) is 1. The Morgan fingerprint density at radius 2 is 2.25 bits per heavy atom. The zero-order valence-corrected chi connectivity index (χ0v) is 12.0. The quantitative estimate of drug-likeness (QED) is 0.802. The van der Waals surface area contributed by atoms with Gasteiger partial charge in [0.1, 0.15) is 0 Å². The molecular weight excluding hydrogens is 272 g/mol. The fourth-order valence-electron chi connectivity index (χ4n) is 2.34. The van der Waals surface area contributed by atoms with E-state index in [4.69, 9.17) is 10.2 Å². The number of fused-ring (bicyclic) bond motifs is 1. The number of aromatic nitrogens is 1. The van der Waals surface area contributed by atoms with Crippen LogP contribution in [0.3, 0.4) is 0 Å². The topological polar surface area (TPSA) is 61.2 Å². The van der Waals surface area contributed by atoms with Crippen LogP contribution in [0.5, 0.6) is 0 Å². The van der Waals surface area contributed by atoms with Gasteiger partial charge in [-0.05, 0) is 35.6 Å². The van der Waals surface area contributed by atoms with E-state index < -0.39 is 0 Å². The number of nitrogens with zero attached hydrogens (tertiary/aromatic N) is 1. The van der Waals surface area contributed by atoms with E-state index >= 15 is 0 Å². The van der Waals surface area contributed by atoms with E-state index in [2.05, 4.69) is 0 Å². The maximum absolute atomic E-state index is 11.8. The SMILES string of the molecule is CCCn1c(=O)oc2cc(C(N)c3cccs3)ccc21. The predicted octanol–water partition coefficient (Wildman–Crippen LogP) is 3.11. The normalized spacial score (nSPS) is 12.9. The van der Waals surface area contributed by atoms with Crippen molar-refractivity contribution in [1.82, 2.24) is 4.57 Å². The van der Waals surface area contributed by atoms with Gasteiger partial charge in [-0.25, -0.2) is 4.79 Å². The Bertz CT molecular complexity index is 771. The third-order valence-electron chi connectivity index (χ3n) is 3.35. The van der Waals surface area contributed by atoms with Gasteiger partial charge in [0, 0.05) is 11.4 Å². The lowest BCUT2D eigenvalue weighted by atomic mass is 10.1. The van der Waals surface area contributed by atoms with Crippen LogP contribution in [0.4, 0.5) is 0 Å². The molecule has 20 heavy (non-hydrogen) atoms. The second-order valence-electron chi connectivity index (χ2n) is 4.74. The summed E-state index contributed by atoms with van der Waals surface area (Å²) in [7, 11) is 0. The minimum absolute atomic E-state index is 0.181. The summed E-state index contributed by atoms with van der Waals surface area (Å²) in [6, 6.07) is 9.56. The summed E-state index contributed by atoms with van der Waals surface area (Å²) in [6.07, 6.45) is 0.894. The third kappa shape index (κ3) is 2.19. The van der Waals surface area contributed by atoms with Gasteiger partial charge in [0.25, 0.3) is 0 Å². The summed E-state index contributed by atoms with van der Waals surface area (Å²) < 4.78 is 6.98. The Hall–Kier alpha value is -1.85. The first-order valence-electron chi connectivity index (χ1n) is 6.63. The molecule has 0 radical (unpaired) electrons. The van der Waals surface area contributed by atoms with Gasteiger partial charge in [-0.3, -0.25) is 4.57 Å². The average molecular weight is 288 g/mol. The first-order chi connectivity index (χ1) is 9.70. The van der Waals surface area contributed by atoms with Crippen LogP contribution >= 0.6 is 11.3 Å². The second-order valence-corrected chi connectivity index (χ2v) is 5.72. The van der Waals surface area contributed by atoms with Crippen LogP contribution in [-0.2, 0) is 6.54 Å². The fourth-order valence-corrected chi connectivity index (χ4v) is 3.10. The lowest BCUT2D eigenvalue weighted by molar-refractivity contribution is 0.502. The minimum atomic E-state index is -0.302. The number of benzene rings is 1. The molecule has 5 heteroatoms. The van der Waals surface area contributed by atoms with Crippen molar-refractivity contribution >= 4 is 22.4 Å². The highest BCUT2D eigenvalue weighted by Gasteiger charge is 2.14. The molecule has 2 N–H and O–H groups in total. The molecular formula is C15H16N2O2S. The van der Waals surface area contributed by atoms with E-state index in [1.165, 1.54) is 0 Å². The largest absolute Gasteiger partial charge is 0.419 e. The van der Waals surface area contributed by atoms with Crippen molar-refractivity contribution in [2.45, 2.75) is 25.9 Å². The molecule has 0 saturated heterocycles. The monoisotopic (exact) mass is 288 g/mol. The molecule has 0 aliphatic carbocycles. The molecule has 0 saturated carbocycles. The molecule has 0 fully saturated rings. The van der Waals surface area contributed by atoms with Crippen LogP contribution in [0.25, 0.3) is 11.1 Å². The van der Waals surface area contributed by atoms with Gasteiger partial charge in [-0.2, -0.15) is 0 Å². The number of aryl methyl sites for hydroxylation is 1. The first kappa shape index (κ1) is 13.1. The molecule has 0 amide bonds. The molecule has 2 aromatic heterocycles. The second kappa shape index (κ2) is 5.26. The maximum atomic E-state index is 11.8. The minimum Gasteiger partial charge on any atom is -0.408 e. The zero-order valence-electron chi connectivity index (χ0n) is 11.2. The molecule has 1 atom stereocenters. The van der Waals surface area contributed by atoms with Gasteiger partial charge in [0.05, 0.1) is 11.6 Å². The molecule has 104 valence electrons. The van der Waals surface area contributed by atoms with Crippen molar-refractivity contribution in [2.24, 2.45) is 5.73 Å². The van der Waals surface area contributed by atoms with Gasteiger partial charge in [0.2, 0.25) is 0 Å². The summed E-state index contributed by atoms with van der Waals surface area (Å²) in [5, 5.41) is 2.01. The molecule has 2 heterocycles. The lowest BCUT2D eigenvalue weighted by Gasteiger charge is -2.09. The zero-order chi connectivity index (χ0) is 14.1. The Kier molecular flexibility index (Phi) is 3.46. The van der Waals surface area contributed by atoms with Crippen LogP contribution in [0, 0.1) is 0 Å². The molecule has 1 aromatic carbocycles. The molecule has 0 bridgehead atoms. The van der Waals surface area contributed by atoms with Crippen molar-refractivity contribution in [3.8, 4) is 0 Å². The van der Waals surface area contributed by atoms with Crippen molar-refractivity contribution in [3.63, 3.8) is 0 Å². The van der Waals surface area contributed by atoms with Crippen molar-refractivity contribution in [3.05, 3.63) is 56.7 Å². The third-order valence-corrected chi connectivity index (χ3v) is 4.30. The highest BCUT2D eigenvalue weighted by Crippen LogP contribution is 2.26. The van der Waals surface area contributed by atoms with Crippen LogP contribution < -0.4 is 11.5 Å². The molecule has 3 aromatic rings. The Morgan fingerprint density at radius 1 is 1.40 bits per heavy atom. The number of hydrogen-bond donors (Lipinski definition) is 1. The summed E-state index contributed by atoms with van der Waals surface area (Å²) in [5.41, 5.74) is 8.63. The van der Waals surface area contributed by atoms with Gasteiger partial charge < -0.3 is 10.2 Å². The number of oxazole rings is 1. The summed E-state index contributed by atoms with van der Waals surface area (Å²) in [5.74, 6) is -0.302. The van der Waals surface area contributed by atoms with E-state index in [1.54, 1.807) is 15.9 Å². The van der Waals surface area contributed by atoms with Crippen LogP contribution in [-0.4, -0.2) is 4.57 Å². The first-order valence-corrected chi connectivity index (χ1v) is 7.51.